The number of aliphatic hydroxyl groups excluding tert-OH is 1. The van der Waals surface area contributed by atoms with Crippen LogP contribution in [0.3, 0.4) is 0 Å². The zero-order valence-electron chi connectivity index (χ0n) is 7.66. The number of diazo groups is 1. The van der Waals surface area contributed by atoms with Gasteiger partial charge in [-0.1, -0.05) is 0 Å². The Morgan fingerprint density at radius 3 is 2.31 bits per heavy atom. The molecular weight excluding hydrogens is 172 g/mol. The molecule has 0 aromatic rings. The van der Waals surface area contributed by atoms with Gasteiger partial charge in [0.1, 0.15) is 0 Å². The van der Waals surface area contributed by atoms with Crippen molar-refractivity contribution in [1.82, 2.24) is 10.6 Å². The number of amides is 1. The molecule has 0 fully saturated rings. The molecule has 13 heavy (non-hydrogen) atoms. The highest BCUT2D eigenvalue weighted by Crippen LogP contribution is 2.00. The van der Waals surface area contributed by atoms with Crippen LogP contribution in [0.15, 0.2) is 11.6 Å². The molecule has 0 bridgehead atoms. The summed E-state index contributed by atoms with van der Waals surface area (Å²) in [6.07, 6.45) is 0. The Kier molecular flexibility index (Phi) is 5.03. The van der Waals surface area contributed by atoms with E-state index in [4.69, 9.17) is 10.5 Å². The molecule has 72 valence electrons. The largest absolute Gasteiger partial charge is 0.506 e. The highest BCUT2D eigenvalue weighted by molar-refractivity contribution is 5.95. The van der Waals surface area contributed by atoms with Crippen LogP contribution < -0.4 is 10.6 Å². The smallest absolute Gasteiger partial charge is 0.489 e. The predicted octanol–water partition coefficient (Wildman–Crippen LogP) is 0.312. The van der Waals surface area contributed by atoms with Crippen molar-refractivity contribution in [3.8, 4) is 0 Å². The van der Waals surface area contributed by atoms with Crippen molar-refractivity contribution in [2.24, 2.45) is 0 Å². The summed E-state index contributed by atoms with van der Waals surface area (Å²) in [6, 6.07) is 0. The molecule has 1 amide bonds. The standard InChI is InChI=1S/C7H12N4O2/c1-3-9-6(12)5(11-8)7(13)10-4-2/h3-4H2,1-2H3,(H2-,9,10,12,13)/p+1. The van der Waals surface area contributed by atoms with Gasteiger partial charge in [-0.3, -0.25) is 4.79 Å². The van der Waals surface area contributed by atoms with E-state index in [1.807, 2.05) is 0 Å². The first kappa shape index (κ1) is 11.2. The molecule has 3 N–H and O–H groups in total. The van der Waals surface area contributed by atoms with Crippen LogP contribution in [0, 0.1) is 5.39 Å². The summed E-state index contributed by atoms with van der Waals surface area (Å²) in [5.74, 6) is -1.06. The van der Waals surface area contributed by atoms with Crippen LogP contribution in [0.2, 0.25) is 0 Å². The molecule has 6 heteroatoms. The number of carbonyl (C=O) groups is 1. The van der Waals surface area contributed by atoms with E-state index in [2.05, 4.69) is 15.6 Å². The Morgan fingerprint density at radius 1 is 1.38 bits per heavy atom. The van der Waals surface area contributed by atoms with Gasteiger partial charge in [0.25, 0.3) is 5.88 Å². The van der Waals surface area contributed by atoms with Crippen molar-refractivity contribution < 1.29 is 9.90 Å². The van der Waals surface area contributed by atoms with E-state index < -0.39 is 17.5 Å². The maximum Gasteiger partial charge on any atom is 0.506 e. The predicted molar refractivity (Wildman–Crippen MR) is 47.1 cm³/mol. The average Bonchev–Trinajstić information content (AvgIpc) is 2.06. The Morgan fingerprint density at radius 2 is 1.92 bits per heavy atom. The molecule has 0 aromatic heterocycles. The van der Waals surface area contributed by atoms with Gasteiger partial charge in [-0.15, -0.1) is 0 Å². The van der Waals surface area contributed by atoms with Gasteiger partial charge in [0.05, 0.1) is 0 Å². The van der Waals surface area contributed by atoms with Crippen molar-refractivity contribution in [1.29, 1.82) is 5.39 Å². The minimum Gasteiger partial charge on any atom is -0.489 e. The second kappa shape index (κ2) is 5.83. The Bertz CT molecular complexity index is 254. The number of nitrogens with one attached hydrogen (secondary N) is 2. The zero-order valence-corrected chi connectivity index (χ0v) is 7.66. The van der Waals surface area contributed by atoms with Gasteiger partial charge in [0.2, 0.25) is 5.39 Å². The SMILES string of the molecule is CCNC(=O)C([N+]#N)=C(O)NCC. The number of hydrogen-bond acceptors (Lipinski definition) is 4. The van der Waals surface area contributed by atoms with Gasteiger partial charge in [0, 0.05) is 13.1 Å². The number of nitrogens with zero attached hydrogens (tertiary/aromatic N) is 2. The van der Waals surface area contributed by atoms with E-state index >= 15 is 0 Å². The molecule has 0 aromatic carbocycles. The summed E-state index contributed by atoms with van der Waals surface area (Å²) >= 11 is 0. The summed E-state index contributed by atoms with van der Waals surface area (Å²) in [4.78, 5) is 13.7. The van der Waals surface area contributed by atoms with Crippen LogP contribution in [-0.2, 0) is 4.79 Å². The van der Waals surface area contributed by atoms with E-state index in [0.717, 1.165) is 0 Å². The number of hydrogen-bond donors (Lipinski definition) is 3. The fraction of sp³-hybridized carbons (Fsp3) is 0.571. The maximum absolute atomic E-state index is 11.1. The second-order valence-electron chi connectivity index (χ2n) is 2.19. The molecule has 0 rings (SSSR count). The molecule has 0 aliphatic rings. The molecule has 0 heterocycles. The maximum atomic E-state index is 11.1. The summed E-state index contributed by atoms with van der Waals surface area (Å²) in [6.45, 7) is 4.29. The summed E-state index contributed by atoms with van der Waals surface area (Å²) in [5.41, 5.74) is -0.413. The molecule has 0 saturated heterocycles. The summed E-state index contributed by atoms with van der Waals surface area (Å²) in [7, 11) is 0. The zero-order chi connectivity index (χ0) is 10.3. The van der Waals surface area contributed by atoms with Crippen molar-refractivity contribution in [3.63, 3.8) is 0 Å². The lowest BCUT2D eigenvalue weighted by Crippen LogP contribution is -2.27. The fourth-order valence-electron chi connectivity index (χ4n) is 0.696. The summed E-state index contributed by atoms with van der Waals surface area (Å²) < 4.78 is 0. The monoisotopic (exact) mass is 185 g/mol. The van der Waals surface area contributed by atoms with Crippen LogP contribution >= 0.6 is 0 Å². The summed E-state index contributed by atoms with van der Waals surface area (Å²) in [5, 5.41) is 22.4. The van der Waals surface area contributed by atoms with Crippen LogP contribution in [0.4, 0.5) is 0 Å². The molecule has 0 spiro atoms. The third-order valence-corrected chi connectivity index (χ3v) is 1.22. The average molecular weight is 185 g/mol. The Balaban J connectivity index is 4.59. The van der Waals surface area contributed by atoms with E-state index in [-0.39, 0.29) is 0 Å². The van der Waals surface area contributed by atoms with Crippen molar-refractivity contribution in [3.05, 3.63) is 16.6 Å². The fourth-order valence-corrected chi connectivity index (χ4v) is 0.696. The lowest BCUT2D eigenvalue weighted by molar-refractivity contribution is -0.117. The first-order valence-electron chi connectivity index (χ1n) is 3.97. The molecule has 0 atom stereocenters. The minimum absolute atomic E-state index is 0.400. The van der Waals surface area contributed by atoms with Crippen molar-refractivity contribution in [2.45, 2.75) is 13.8 Å². The quantitative estimate of drug-likeness (QED) is 0.334. The van der Waals surface area contributed by atoms with E-state index in [0.29, 0.717) is 13.1 Å². The van der Waals surface area contributed by atoms with E-state index in [9.17, 15) is 4.79 Å². The van der Waals surface area contributed by atoms with E-state index in [1.165, 1.54) is 0 Å². The third kappa shape index (κ3) is 3.42. The first-order chi connectivity index (χ1) is 6.17. The van der Waals surface area contributed by atoms with Gasteiger partial charge in [-0.2, -0.15) is 0 Å². The van der Waals surface area contributed by atoms with Crippen LogP contribution in [0.25, 0.3) is 4.98 Å². The van der Waals surface area contributed by atoms with Crippen LogP contribution in [0.5, 0.6) is 0 Å². The topological polar surface area (TPSA) is 89.5 Å². The molecule has 0 radical (unpaired) electrons. The lowest BCUT2D eigenvalue weighted by Gasteiger charge is -1.97. The van der Waals surface area contributed by atoms with Gasteiger partial charge < -0.3 is 15.7 Å². The highest BCUT2D eigenvalue weighted by atomic mass is 16.3. The van der Waals surface area contributed by atoms with Gasteiger partial charge in [0.15, 0.2) is 4.98 Å². The molecule has 0 aliphatic carbocycles. The Labute approximate surface area is 76.3 Å². The van der Waals surface area contributed by atoms with Gasteiger partial charge in [-0.05, 0) is 13.8 Å². The van der Waals surface area contributed by atoms with Gasteiger partial charge >= 0.3 is 11.6 Å². The minimum atomic E-state index is -0.622. The normalized spacial score (nSPS) is 11.2. The van der Waals surface area contributed by atoms with Crippen LogP contribution in [0.1, 0.15) is 13.8 Å². The highest BCUT2D eigenvalue weighted by Gasteiger charge is 2.28. The Hall–Kier alpha value is -1.77. The van der Waals surface area contributed by atoms with Crippen molar-refractivity contribution >= 4 is 5.91 Å². The number of rotatable bonds is 4. The van der Waals surface area contributed by atoms with E-state index in [1.54, 1.807) is 13.8 Å². The van der Waals surface area contributed by atoms with Crippen LogP contribution in [-0.4, -0.2) is 24.1 Å². The third-order valence-electron chi connectivity index (χ3n) is 1.22. The lowest BCUT2D eigenvalue weighted by atomic mass is 10.4. The number of likely N-dealkylation sites (N-methyl/N-ethyl adjacent to an activating group) is 1. The molecular formula is C7H13N4O2+. The molecule has 6 nitrogen and oxygen atoms in total. The van der Waals surface area contributed by atoms with Crippen molar-refractivity contribution in [2.75, 3.05) is 13.1 Å². The first-order valence-corrected chi connectivity index (χ1v) is 3.97. The molecule has 0 unspecified atom stereocenters. The number of aliphatic hydroxyl groups is 1. The molecule has 0 aliphatic heterocycles. The number of carbonyl (C=O) groups excluding carboxylic acids is 1. The second-order valence-corrected chi connectivity index (χ2v) is 2.19. The van der Waals surface area contributed by atoms with Gasteiger partial charge in [-0.25, -0.2) is 0 Å². The molecule has 0 saturated carbocycles.